The van der Waals surface area contributed by atoms with Crippen molar-refractivity contribution in [2.45, 2.75) is 6.42 Å². The van der Waals surface area contributed by atoms with E-state index in [-0.39, 0.29) is 46.8 Å². The van der Waals surface area contributed by atoms with E-state index < -0.39 is 11.8 Å². The molecule has 10 nitrogen and oxygen atoms in total. The van der Waals surface area contributed by atoms with Gasteiger partial charge >= 0.3 is 0 Å². The third kappa shape index (κ3) is 7.25. The molecule has 0 radical (unpaired) electrons. The van der Waals surface area contributed by atoms with Gasteiger partial charge in [-0.1, -0.05) is 12.1 Å². The number of benzene rings is 3. The van der Waals surface area contributed by atoms with Crippen molar-refractivity contribution in [3.63, 3.8) is 0 Å². The minimum absolute atomic E-state index is 0.0571. The second-order valence-corrected chi connectivity index (χ2v) is 8.46. The zero-order chi connectivity index (χ0) is 29.2. The van der Waals surface area contributed by atoms with Crippen LogP contribution in [-0.4, -0.2) is 67.0 Å². The quantitative estimate of drug-likeness (QED) is 0.301. The molecule has 0 aliphatic rings. The lowest BCUT2D eigenvalue weighted by atomic mass is 10.1. The second kappa shape index (κ2) is 13.6. The van der Waals surface area contributed by atoms with Crippen molar-refractivity contribution < 1.29 is 43.9 Å². The fourth-order valence-corrected chi connectivity index (χ4v) is 3.77. The van der Waals surface area contributed by atoms with Crippen LogP contribution in [0.2, 0.25) is 0 Å². The van der Waals surface area contributed by atoms with E-state index in [4.69, 9.17) is 18.9 Å². The molecule has 0 heterocycles. The number of aromatic hydroxyl groups is 3. The predicted octanol–water partition coefficient (Wildman–Crippen LogP) is 4.16. The fourth-order valence-electron chi connectivity index (χ4n) is 3.77. The van der Waals surface area contributed by atoms with Gasteiger partial charge in [0, 0.05) is 18.7 Å². The Morgan fingerprint density at radius 3 is 1.40 bits per heavy atom. The average Bonchev–Trinajstić information content (AvgIpc) is 2.96. The molecule has 0 fully saturated rings. The highest BCUT2D eigenvalue weighted by Crippen LogP contribution is 2.38. The normalized spacial score (nSPS) is 11.0. The molecule has 40 heavy (non-hydrogen) atoms. The molecule has 210 valence electrons. The Hall–Kier alpha value is -5.12. The summed E-state index contributed by atoms with van der Waals surface area (Å²) in [7, 11) is 5.57. The van der Waals surface area contributed by atoms with Crippen LogP contribution in [0.5, 0.6) is 40.2 Å². The topological polar surface area (TPSA) is 135 Å². The Morgan fingerprint density at radius 2 is 1.05 bits per heavy atom. The van der Waals surface area contributed by atoms with Crippen molar-refractivity contribution in [1.82, 2.24) is 4.90 Å². The van der Waals surface area contributed by atoms with Gasteiger partial charge in [0.1, 0.15) is 5.75 Å². The number of phenols is 3. The van der Waals surface area contributed by atoms with Crippen molar-refractivity contribution in [2.75, 3.05) is 35.0 Å². The Bertz CT molecular complexity index is 1280. The maximum atomic E-state index is 13.2. The molecule has 0 aromatic heterocycles. The smallest absolute Gasteiger partial charge is 0.253 e. The summed E-state index contributed by atoms with van der Waals surface area (Å²) < 4.78 is 20.6. The number of phenolic OH excluding ortho intramolecular Hbond substituents is 3. The minimum Gasteiger partial charge on any atom is -0.508 e. The van der Waals surface area contributed by atoms with Gasteiger partial charge in [-0.05, 0) is 71.7 Å². The van der Waals surface area contributed by atoms with Crippen LogP contribution >= 0.6 is 0 Å². The lowest BCUT2D eigenvalue weighted by Gasteiger charge is -2.18. The van der Waals surface area contributed by atoms with Gasteiger partial charge in [-0.2, -0.15) is 0 Å². The highest BCUT2D eigenvalue weighted by atomic mass is 16.5. The molecule has 3 aromatic rings. The van der Waals surface area contributed by atoms with E-state index in [9.17, 15) is 24.9 Å². The third-order valence-electron chi connectivity index (χ3n) is 5.93. The number of ether oxygens (including phenoxy) is 4. The molecule has 0 aliphatic heterocycles. The maximum absolute atomic E-state index is 13.2. The fraction of sp³-hybridized carbons (Fsp3) is 0.200. The van der Waals surface area contributed by atoms with Crippen molar-refractivity contribution in [3.05, 3.63) is 77.4 Å². The number of methoxy groups -OCH3 is 4. The highest BCUT2D eigenvalue weighted by molar-refractivity contribution is 6.07. The van der Waals surface area contributed by atoms with Crippen molar-refractivity contribution >= 4 is 24.0 Å². The van der Waals surface area contributed by atoms with Gasteiger partial charge in [-0.25, -0.2) is 0 Å². The average molecular weight is 550 g/mol. The van der Waals surface area contributed by atoms with Crippen LogP contribution in [0.15, 0.2) is 60.7 Å². The lowest BCUT2D eigenvalue weighted by molar-refractivity contribution is -0.138. The van der Waals surface area contributed by atoms with Gasteiger partial charge in [0.05, 0.1) is 28.4 Å². The standard InChI is InChI=1S/C30H31NO9/c1-37-23-15-20(16-24(38-2)29(23)35)7-11-27(33)31(14-13-19-5-9-22(32)10-6-19)28(34)12-8-21-17-25(39-3)30(36)26(18-21)40-4/h5-12,15-18,32,35-36H,13-14H2,1-4H3/b11-7+,12-8+. The molecule has 10 heteroatoms. The summed E-state index contributed by atoms with van der Waals surface area (Å²) in [6, 6.07) is 12.6. The second-order valence-electron chi connectivity index (χ2n) is 8.46. The van der Waals surface area contributed by atoms with Crippen LogP contribution in [0.1, 0.15) is 16.7 Å². The zero-order valence-electron chi connectivity index (χ0n) is 22.6. The first-order valence-corrected chi connectivity index (χ1v) is 12.1. The van der Waals surface area contributed by atoms with Crippen molar-refractivity contribution in [2.24, 2.45) is 0 Å². The summed E-state index contributed by atoms with van der Waals surface area (Å²) >= 11 is 0. The number of hydrogen-bond acceptors (Lipinski definition) is 9. The molecule has 3 N–H and O–H groups in total. The summed E-state index contributed by atoms with van der Waals surface area (Å²) in [5, 5.41) is 29.8. The monoisotopic (exact) mass is 549 g/mol. The first kappa shape index (κ1) is 29.4. The molecular weight excluding hydrogens is 518 g/mol. The van der Waals surface area contributed by atoms with E-state index >= 15 is 0 Å². The zero-order valence-corrected chi connectivity index (χ0v) is 22.6. The maximum Gasteiger partial charge on any atom is 0.253 e. The molecular formula is C30H31NO9. The molecule has 0 bridgehead atoms. The van der Waals surface area contributed by atoms with Crippen LogP contribution in [0.3, 0.4) is 0 Å². The van der Waals surface area contributed by atoms with Crippen LogP contribution in [-0.2, 0) is 16.0 Å². The van der Waals surface area contributed by atoms with E-state index in [1.807, 2.05) is 0 Å². The number of amides is 2. The summed E-state index contributed by atoms with van der Waals surface area (Å²) in [6.07, 6.45) is 5.78. The largest absolute Gasteiger partial charge is 0.508 e. The number of hydrogen-bond donors (Lipinski definition) is 3. The SMILES string of the molecule is COc1cc(/C=C/C(=O)N(CCc2ccc(O)cc2)C(=O)/C=C/c2cc(OC)c(O)c(OC)c2)cc(OC)c1O. The lowest BCUT2D eigenvalue weighted by Crippen LogP contribution is -2.36. The first-order valence-electron chi connectivity index (χ1n) is 12.1. The van der Waals surface area contributed by atoms with Crippen molar-refractivity contribution in [1.29, 1.82) is 0 Å². The Morgan fingerprint density at radius 1 is 0.675 bits per heavy atom. The first-order chi connectivity index (χ1) is 19.2. The van der Waals surface area contributed by atoms with Crippen LogP contribution in [0.25, 0.3) is 12.2 Å². The molecule has 2 amide bonds. The van der Waals surface area contributed by atoms with Crippen molar-refractivity contribution in [3.8, 4) is 40.2 Å². The number of imide groups is 1. The van der Waals surface area contributed by atoms with E-state index in [1.165, 1.54) is 89.1 Å². The molecule has 0 atom stereocenters. The van der Waals surface area contributed by atoms with E-state index in [0.717, 1.165) is 10.5 Å². The summed E-state index contributed by atoms with van der Waals surface area (Å²) in [4.78, 5) is 27.5. The number of carbonyl (C=O) groups excluding carboxylic acids is 2. The van der Waals surface area contributed by atoms with E-state index in [1.54, 1.807) is 12.1 Å². The number of nitrogens with zero attached hydrogens (tertiary/aromatic N) is 1. The molecule has 0 saturated heterocycles. The summed E-state index contributed by atoms with van der Waals surface area (Å²) in [6.45, 7) is 0.0571. The van der Waals surface area contributed by atoms with Gasteiger partial charge in [0.2, 0.25) is 11.5 Å². The summed E-state index contributed by atoms with van der Waals surface area (Å²) in [5.41, 5.74) is 1.83. The van der Waals surface area contributed by atoms with Crippen LogP contribution in [0.4, 0.5) is 0 Å². The van der Waals surface area contributed by atoms with E-state index in [0.29, 0.717) is 17.5 Å². The Kier molecular flexibility index (Phi) is 10.0. The molecule has 3 rings (SSSR count). The Balaban J connectivity index is 1.89. The van der Waals surface area contributed by atoms with E-state index in [2.05, 4.69) is 0 Å². The predicted molar refractivity (Wildman–Crippen MR) is 149 cm³/mol. The van der Waals surface area contributed by atoms with Gasteiger partial charge < -0.3 is 34.3 Å². The molecule has 3 aromatic carbocycles. The minimum atomic E-state index is -0.583. The number of carbonyl (C=O) groups is 2. The van der Waals surface area contributed by atoms with Crippen LogP contribution < -0.4 is 18.9 Å². The van der Waals surface area contributed by atoms with Gasteiger partial charge in [-0.15, -0.1) is 0 Å². The van der Waals surface area contributed by atoms with Crippen LogP contribution in [0, 0.1) is 0 Å². The third-order valence-corrected chi connectivity index (χ3v) is 5.93. The Labute approximate surface area is 231 Å². The molecule has 0 spiro atoms. The summed E-state index contributed by atoms with van der Waals surface area (Å²) in [5.74, 6) is -0.759. The van der Waals surface area contributed by atoms with Gasteiger partial charge in [0.25, 0.3) is 11.8 Å². The molecule has 0 aliphatic carbocycles. The highest BCUT2D eigenvalue weighted by Gasteiger charge is 2.18. The van der Waals surface area contributed by atoms with Gasteiger partial charge in [0.15, 0.2) is 23.0 Å². The molecule has 0 saturated carbocycles. The molecule has 0 unspecified atom stereocenters. The number of rotatable bonds is 11. The van der Waals surface area contributed by atoms with Gasteiger partial charge in [-0.3, -0.25) is 14.5 Å².